The summed E-state index contributed by atoms with van der Waals surface area (Å²) in [6.07, 6.45) is 3.24. The van der Waals surface area contributed by atoms with E-state index in [9.17, 15) is 9.90 Å². The Morgan fingerprint density at radius 2 is 2.00 bits per heavy atom. The number of aryl methyl sites for hydroxylation is 2. The van der Waals surface area contributed by atoms with Crippen LogP contribution in [0, 0.1) is 27.7 Å². The predicted molar refractivity (Wildman–Crippen MR) is 104 cm³/mol. The van der Waals surface area contributed by atoms with E-state index < -0.39 is 5.60 Å². The molecule has 146 valence electrons. The van der Waals surface area contributed by atoms with E-state index in [0.717, 1.165) is 45.8 Å². The Hall–Kier alpha value is -2.50. The van der Waals surface area contributed by atoms with Gasteiger partial charge in [-0.1, -0.05) is 0 Å². The lowest BCUT2D eigenvalue weighted by molar-refractivity contribution is -0.137. The average Bonchev–Trinajstić information content (AvgIpc) is 3.02. The maximum atomic E-state index is 12.9. The van der Waals surface area contributed by atoms with E-state index in [-0.39, 0.29) is 5.91 Å². The molecule has 2 N–H and O–H groups in total. The molecule has 1 aliphatic heterocycles. The molecule has 27 heavy (non-hydrogen) atoms. The number of hydrogen-bond acceptors (Lipinski definition) is 4. The number of phenolic OH excluding ortho intramolecular Hbond substituents is 1. The highest BCUT2D eigenvalue weighted by molar-refractivity contribution is 5.85. The zero-order valence-electron chi connectivity index (χ0n) is 17.1. The number of carbonyl (C=O) groups is 1. The molecule has 0 fully saturated rings. The number of nitrogens with zero attached hydrogens (tertiary/aromatic N) is 2. The first kappa shape index (κ1) is 19.3. The highest BCUT2D eigenvalue weighted by atomic mass is 16.5. The van der Waals surface area contributed by atoms with Crippen molar-refractivity contribution in [3.05, 3.63) is 39.7 Å². The molecule has 1 aromatic carbocycles. The molecule has 1 atom stereocenters. The molecule has 0 saturated heterocycles. The fourth-order valence-electron chi connectivity index (χ4n) is 3.66. The first-order valence-corrected chi connectivity index (χ1v) is 9.49. The van der Waals surface area contributed by atoms with Crippen LogP contribution in [0.5, 0.6) is 11.5 Å². The van der Waals surface area contributed by atoms with E-state index >= 15 is 0 Å². The Balaban J connectivity index is 1.79. The Labute approximate surface area is 160 Å². The Morgan fingerprint density at radius 3 is 2.63 bits per heavy atom. The second-order valence-electron chi connectivity index (χ2n) is 7.64. The van der Waals surface area contributed by atoms with Crippen LogP contribution in [0.3, 0.4) is 0 Å². The van der Waals surface area contributed by atoms with Crippen LogP contribution in [0.15, 0.2) is 6.20 Å². The molecule has 6 nitrogen and oxygen atoms in total. The third-order valence-electron chi connectivity index (χ3n) is 5.81. The van der Waals surface area contributed by atoms with Crippen LogP contribution in [0.2, 0.25) is 0 Å². The Morgan fingerprint density at radius 1 is 1.30 bits per heavy atom. The zero-order valence-corrected chi connectivity index (χ0v) is 17.1. The minimum atomic E-state index is -0.928. The van der Waals surface area contributed by atoms with Gasteiger partial charge in [0.2, 0.25) is 0 Å². The second-order valence-corrected chi connectivity index (χ2v) is 7.64. The van der Waals surface area contributed by atoms with Crippen molar-refractivity contribution in [3.63, 3.8) is 0 Å². The molecule has 2 aromatic rings. The number of amides is 1. The summed E-state index contributed by atoms with van der Waals surface area (Å²) in [6.45, 7) is 12.8. The third-order valence-corrected chi connectivity index (χ3v) is 5.81. The zero-order chi connectivity index (χ0) is 19.9. The number of aromatic hydroxyl groups is 1. The van der Waals surface area contributed by atoms with Gasteiger partial charge in [0.05, 0.1) is 5.69 Å². The van der Waals surface area contributed by atoms with Crippen LogP contribution in [-0.2, 0) is 24.3 Å². The first-order valence-electron chi connectivity index (χ1n) is 9.49. The summed E-state index contributed by atoms with van der Waals surface area (Å²) >= 11 is 0. The smallest absolute Gasteiger partial charge is 0.264 e. The molecule has 0 spiro atoms. The summed E-state index contributed by atoms with van der Waals surface area (Å²) in [5, 5.41) is 17.7. The number of hydrogen-bond donors (Lipinski definition) is 2. The number of fused-ring (bicyclic) bond motifs is 1. The topological polar surface area (TPSA) is 76.4 Å². The van der Waals surface area contributed by atoms with Gasteiger partial charge in [0.1, 0.15) is 11.5 Å². The van der Waals surface area contributed by atoms with E-state index in [1.807, 2.05) is 52.4 Å². The minimum absolute atomic E-state index is 0.125. The van der Waals surface area contributed by atoms with Crippen LogP contribution >= 0.6 is 0 Å². The van der Waals surface area contributed by atoms with Gasteiger partial charge in [-0.3, -0.25) is 9.48 Å². The van der Waals surface area contributed by atoms with Crippen molar-refractivity contribution in [2.75, 3.05) is 0 Å². The number of rotatable bonds is 4. The fraction of sp³-hybridized carbons (Fsp3) is 0.524. The average molecular weight is 371 g/mol. The standard InChI is InChI=1S/C21H29N3O3/c1-7-24-11-16(15(5)23-24)10-22-20(26)21(6)9-8-17-14(4)18(25)12(2)13(3)19(17)27-21/h11,25H,7-10H2,1-6H3,(H,22,26)/t21-/m1/s1. The van der Waals surface area contributed by atoms with Gasteiger partial charge in [0, 0.05) is 36.8 Å². The number of carbonyl (C=O) groups excluding carboxylic acids is 1. The molecule has 0 aliphatic carbocycles. The van der Waals surface area contributed by atoms with E-state index in [4.69, 9.17) is 4.74 Å². The molecule has 0 unspecified atom stereocenters. The fourth-order valence-corrected chi connectivity index (χ4v) is 3.66. The SMILES string of the molecule is CCn1cc(CNC(=O)[C@@]2(C)CCc3c(C)c(O)c(C)c(C)c3O2)c(C)n1. The third kappa shape index (κ3) is 3.29. The highest BCUT2D eigenvalue weighted by Crippen LogP contribution is 2.43. The monoisotopic (exact) mass is 371 g/mol. The quantitative estimate of drug-likeness (QED) is 0.865. The van der Waals surface area contributed by atoms with Crippen molar-refractivity contribution in [1.82, 2.24) is 15.1 Å². The van der Waals surface area contributed by atoms with E-state index in [2.05, 4.69) is 10.4 Å². The number of ether oxygens (including phenoxy) is 1. The van der Waals surface area contributed by atoms with Crippen LogP contribution in [0.25, 0.3) is 0 Å². The maximum absolute atomic E-state index is 12.9. The van der Waals surface area contributed by atoms with Crippen molar-refractivity contribution >= 4 is 5.91 Å². The summed E-state index contributed by atoms with van der Waals surface area (Å²) in [6, 6.07) is 0. The van der Waals surface area contributed by atoms with Crippen molar-refractivity contribution in [1.29, 1.82) is 0 Å². The molecule has 0 bridgehead atoms. The molecule has 2 heterocycles. The van der Waals surface area contributed by atoms with Gasteiger partial charge in [-0.2, -0.15) is 5.10 Å². The first-order chi connectivity index (χ1) is 12.7. The van der Waals surface area contributed by atoms with E-state index in [0.29, 0.717) is 25.1 Å². The van der Waals surface area contributed by atoms with Gasteiger partial charge in [-0.15, -0.1) is 0 Å². The molecule has 1 aliphatic rings. The molecule has 3 rings (SSSR count). The second kappa shape index (κ2) is 6.91. The predicted octanol–water partition coefficient (Wildman–Crippen LogP) is 3.24. The van der Waals surface area contributed by atoms with Gasteiger partial charge >= 0.3 is 0 Å². The van der Waals surface area contributed by atoms with Gasteiger partial charge in [0.15, 0.2) is 5.60 Å². The Bertz CT molecular complexity index is 901. The molecular formula is C21H29N3O3. The molecule has 1 aromatic heterocycles. The summed E-state index contributed by atoms with van der Waals surface area (Å²) < 4.78 is 8.10. The number of aromatic nitrogens is 2. The van der Waals surface area contributed by atoms with Gasteiger partial charge in [-0.25, -0.2) is 0 Å². The number of phenols is 1. The largest absolute Gasteiger partial charge is 0.507 e. The molecule has 6 heteroatoms. The van der Waals surface area contributed by atoms with Crippen molar-refractivity contribution in [2.45, 2.75) is 73.1 Å². The number of nitrogens with one attached hydrogen (secondary N) is 1. The summed E-state index contributed by atoms with van der Waals surface area (Å²) in [5.74, 6) is 0.938. The Kier molecular flexibility index (Phi) is 4.93. The van der Waals surface area contributed by atoms with E-state index in [1.165, 1.54) is 0 Å². The highest BCUT2D eigenvalue weighted by Gasteiger charge is 2.40. The molecule has 0 radical (unpaired) electrons. The summed E-state index contributed by atoms with van der Waals surface area (Å²) in [7, 11) is 0. The van der Waals surface area contributed by atoms with E-state index in [1.54, 1.807) is 0 Å². The summed E-state index contributed by atoms with van der Waals surface area (Å²) in [5.41, 5.74) is 4.56. The van der Waals surface area contributed by atoms with Crippen LogP contribution in [-0.4, -0.2) is 26.4 Å². The maximum Gasteiger partial charge on any atom is 0.264 e. The molecule has 1 amide bonds. The normalized spacial score (nSPS) is 18.7. The van der Waals surface area contributed by atoms with Gasteiger partial charge < -0.3 is 15.2 Å². The van der Waals surface area contributed by atoms with Crippen molar-refractivity contribution in [2.24, 2.45) is 0 Å². The lowest BCUT2D eigenvalue weighted by atomic mass is 9.86. The van der Waals surface area contributed by atoms with Gasteiger partial charge in [0.25, 0.3) is 5.91 Å². The molecular weight excluding hydrogens is 342 g/mol. The van der Waals surface area contributed by atoms with Crippen molar-refractivity contribution < 1.29 is 14.6 Å². The van der Waals surface area contributed by atoms with Crippen LogP contribution in [0.4, 0.5) is 0 Å². The lowest BCUT2D eigenvalue weighted by Crippen LogP contribution is -2.50. The van der Waals surface area contributed by atoms with Crippen molar-refractivity contribution in [3.8, 4) is 11.5 Å². The summed E-state index contributed by atoms with van der Waals surface area (Å²) in [4.78, 5) is 12.9. The molecule has 0 saturated carbocycles. The lowest BCUT2D eigenvalue weighted by Gasteiger charge is -2.36. The minimum Gasteiger partial charge on any atom is -0.507 e. The van der Waals surface area contributed by atoms with Crippen LogP contribution in [0.1, 0.15) is 53.8 Å². The van der Waals surface area contributed by atoms with Crippen LogP contribution < -0.4 is 10.1 Å². The number of benzene rings is 1. The van der Waals surface area contributed by atoms with Gasteiger partial charge in [-0.05, 0) is 64.7 Å².